The third kappa shape index (κ3) is 4.33. The van der Waals surface area contributed by atoms with Crippen LogP contribution in [0.5, 0.6) is 0 Å². The van der Waals surface area contributed by atoms with Crippen LogP contribution in [0.4, 0.5) is 16.2 Å². The molecule has 140 valence electrons. The molecule has 3 N–H and O–H groups in total. The first-order chi connectivity index (χ1) is 12.1. The van der Waals surface area contributed by atoms with E-state index in [2.05, 4.69) is 21.0 Å². The zero-order chi connectivity index (χ0) is 17.8. The van der Waals surface area contributed by atoms with E-state index in [0.717, 1.165) is 17.7 Å². The van der Waals surface area contributed by atoms with Crippen molar-refractivity contribution in [1.82, 2.24) is 20.4 Å². The summed E-state index contributed by atoms with van der Waals surface area (Å²) in [5.41, 5.74) is 2.19. The van der Waals surface area contributed by atoms with Gasteiger partial charge in [-0.2, -0.15) is 5.10 Å². The summed E-state index contributed by atoms with van der Waals surface area (Å²) < 4.78 is 1.66. The van der Waals surface area contributed by atoms with Gasteiger partial charge in [0.15, 0.2) is 0 Å². The molecule has 9 heteroatoms. The molecule has 1 atom stereocenters. The van der Waals surface area contributed by atoms with E-state index in [-0.39, 0.29) is 24.3 Å². The summed E-state index contributed by atoms with van der Waals surface area (Å²) in [6.45, 7) is 1.36. The van der Waals surface area contributed by atoms with Crippen LogP contribution in [0.2, 0.25) is 0 Å². The lowest BCUT2D eigenvalue weighted by Gasteiger charge is -2.27. The number of halogens is 1. The maximum absolute atomic E-state index is 12.6. The van der Waals surface area contributed by atoms with E-state index >= 15 is 0 Å². The second-order valence-electron chi connectivity index (χ2n) is 5.95. The molecular weight excluding hydrogens is 356 g/mol. The van der Waals surface area contributed by atoms with E-state index < -0.39 is 6.04 Å². The van der Waals surface area contributed by atoms with Gasteiger partial charge in [-0.1, -0.05) is 6.07 Å². The van der Waals surface area contributed by atoms with Crippen LogP contribution in [0.1, 0.15) is 18.0 Å². The van der Waals surface area contributed by atoms with Crippen LogP contribution in [0.3, 0.4) is 0 Å². The fourth-order valence-electron chi connectivity index (χ4n) is 2.88. The third-order valence-corrected chi connectivity index (χ3v) is 4.11. The lowest BCUT2D eigenvalue weighted by Crippen LogP contribution is -2.46. The number of amides is 3. The summed E-state index contributed by atoms with van der Waals surface area (Å²) in [6.07, 6.45) is 4.36. The van der Waals surface area contributed by atoms with Crippen molar-refractivity contribution in [3.8, 4) is 0 Å². The number of urea groups is 1. The lowest BCUT2D eigenvalue weighted by atomic mass is 10.1. The highest BCUT2D eigenvalue weighted by Gasteiger charge is 2.22. The molecule has 1 saturated heterocycles. The summed E-state index contributed by atoms with van der Waals surface area (Å²) in [5.74, 6) is -0.184. The van der Waals surface area contributed by atoms with Gasteiger partial charge in [-0.3, -0.25) is 14.4 Å². The van der Waals surface area contributed by atoms with Crippen molar-refractivity contribution in [3.05, 3.63) is 42.2 Å². The summed E-state index contributed by atoms with van der Waals surface area (Å²) in [6, 6.07) is 6.68. The Labute approximate surface area is 158 Å². The van der Waals surface area contributed by atoms with Crippen LogP contribution in [0, 0.1) is 0 Å². The highest BCUT2D eigenvalue weighted by Crippen LogP contribution is 2.22. The molecule has 8 nitrogen and oxygen atoms in total. The molecule has 3 rings (SSSR count). The molecule has 1 unspecified atom stereocenters. The SMILES string of the molecule is CNC(C(=O)Nc1cccc(N2CCCNC2=O)c1)c1cnn(C)c1.Cl. The number of aromatic nitrogens is 2. The van der Waals surface area contributed by atoms with Crippen molar-refractivity contribution < 1.29 is 9.59 Å². The molecule has 0 aliphatic carbocycles. The Morgan fingerprint density at radius 1 is 1.38 bits per heavy atom. The number of benzene rings is 1. The van der Waals surface area contributed by atoms with Gasteiger partial charge in [0.2, 0.25) is 5.91 Å². The minimum atomic E-state index is -0.504. The molecule has 0 bridgehead atoms. The Morgan fingerprint density at radius 2 is 2.19 bits per heavy atom. The van der Waals surface area contributed by atoms with E-state index in [0.29, 0.717) is 18.8 Å². The Kier molecular flexibility index (Phi) is 6.59. The van der Waals surface area contributed by atoms with Crippen LogP contribution in [-0.2, 0) is 11.8 Å². The van der Waals surface area contributed by atoms with E-state index in [9.17, 15) is 9.59 Å². The highest BCUT2D eigenvalue weighted by molar-refractivity contribution is 5.97. The van der Waals surface area contributed by atoms with Gasteiger partial charge in [-0.05, 0) is 31.7 Å². The van der Waals surface area contributed by atoms with E-state index in [1.165, 1.54) is 0 Å². The number of anilines is 2. The predicted molar refractivity (Wildman–Crippen MR) is 103 cm³/mol. The van der Waals surface area contributed by atoms with Crippen LogP contribution >= 0.6 is 12.4 Å². The second-order valence-corrected chi connectivity index (χ2v) is 5.95. The van der Waals surface area contributed by atoms with E-state index in [1.54, 1.807) is 48.2 Å². The van der Waals surface area contributed by atoms with Gasteiger partial charge >= 0.3 is 6.03 Å². The Balaban J connectivity index is 0.00000243. The van der Waals surface area contributed by atoms with Crippen LogP contribution in [0.15, 0.2) is 36.7 Å². The molecule has 2 aromatic rings. The fourth-order valence-corrected chi connectivity index (χ4v) is 2.88. The largest absolute Gasteiger partial charge is 0.338 e. The maximum Gasteiger partial charge on any atom is 0.321 e. The number of nitrogens with zero attached hydrogens (tertiary/aromatic N) is 3. The van der Waals surface area contributed by atoms with Crippen molar-refractivity contribution in [2.75, 3.05) is 30.4 Å². The molecule has 0 spiro atoms. The van der Waals surface area contributed by atoms with Gasteiger partial charge in [0, 0.05) is 43.3 Å². The van der Waals surface area contributed by atoms with E-state index in [1.807, 2.05) is 12.1 Å². The molecule has 3 amide bonds. The molecule has 26 heavy (non-hydrogen) atoms. The number of aryl methyl sites for hydroxylation is 1. The minimum Gasteiger partial charge on any atom is -0.338 e. The minimum absolute atomic E-state index is 0. The summed E-state index contributed by atoms with van der Waals surface area (Å²) in [5, 5.41) is 12.8. The van der Waals surface area contributed by atoms with Gasteiger partial charge in [0.05, 0.1) is 6.20 Å². The molecule has 1 aromatic carbocycles. The summed E-state index contributed by atoms with van der Waals surface area (Å²) in [4.78, 5) is 26.3. The smallest absolute Gasteiger partial charge is 0.321 e. The first kappa shape index (κ1) is 19.7. The Hall–Kier alpha value is -2.58. The first-order valence-electron chi connectivity index (χ1n) is 8.20. The molecule has 1 fully saturated rings. The molecule has 1 aliphatic heterocycles. The number of hydrogen-bond donors (Lipinski definition) is 3. The molecule has 2 heterocycles. The summed E-state index contributed by atoms with van der Waals surface area (Å²) in [7, 11) is 3.53. The van der Waals surface area contributed by atoms with Crippen LogP contribution in [-0.4, -0.2) is 41.9 Å². The Bertz CT molecular complexity index is 778. The number of nitrogens with one attached hydrogen (secondary N) is 3. The molecular formula is C17H23ClN6O2. The fraction of sp³-hybridized carbons (Fsp3) is 0.353. The number of carbonyl (C=O) groups is 2. The molecule has 0 saturated carbocycles. The number of carbonyl (C=O) groups excluding carboxylic acids is 2. The average Bonchev–Trinajstić information content (AvgIpc) is 3.02. The van der Waals surface area contributed by atoms with Crippen molar-refractivity contribution in [1.29, 1.82) is 0 Å². The predicted octanol–water partition coefficient (Wildman–Crippen LogP) is 1.66. The van der Waals surface area contributed by atoms with Gasteiger partial charge < -0.3 is 16.0 Å². The first-order valence-corrected chi connectivity index (χ1v) is 8.20. The van der Waals surface area contributed by atoms with Crippen molar-refractivity contribution >= 4 is 35.7 Å². The van der Waals surface area contributed by atoms with Gasteiger partial charge in [-0.25, -0.2) is 4.79 Å². The monoisotopic (exact) mass is 378 g/mol. The third-order valence-electron chi connectivity index (χ3n) is 4.11. The molecule has 1 aliphatic rings. The zero-order valence-corrected chi connectivity index (χ0v) is 15.5. The highest BCUT2D eigenvalue weighted by atomic mass is 35.5. The molecule has 1 aromatic heterocycles. The van der Waals surface area contributed by atoms with Crippen molar-refractivity contribution in [2.24, 2.45) is 7.05 Å². The maximum atomic E-state index is 12.6. The van der Waals surface area contributed by atoms with Gasteiger partial charge in [0.1, 0.15) is 6.04 Å². The average molecular weight is 379 g/mol. The van der Waals surface area contributed by atoms with Gasteiger partial charge in [-0.15, -0.1) is 12.4 Å². The Morgan fingerprint density at radius 3 is 2.85 bits per heavy atom. The van der Waals surface area contributed by atoms with Crippen molar-refractivity contribution in [2.45, 2.75) is 12.5 Å². The van der Waals surface area contributed by atoms with Crippen LogP contribution in [0.25, 0.3) is 0 Å². The van der Waals surface area contributed by atoms with E-state index in [4.69, 9.17) is 0 Å². The normalized spacial score (nSPS) is 15.0. The second kappa shape index (κ2) is 8.68. The zero-order valence-electron chi connectivity index (χ0n) is 14.7. The number of hydrogen-bond acceptors (Lipinski definition) is 4. The van der Waals surface area contributed by atoms with Crippen molar-refractivity contribution in [3.63, 3.8) is 0 Å². The quantitative estimate of drug-likeness (QED) is 0.738. The van der Waals surface area contributed by atoms with Crippen LogP contribution < -0.4 is 20.9 Å². The lowest BCUT2D eigenvalue weighted by molar-refractivity contribution is -0.118. The topological polar surface area (TPSA) is 91.3 Å². The number of rotatable bonds is 5. The summed E-state index contributed by atoms with van der Waals surface area (Å²) >= 11 is 0. The number of likely N-dealkylation sites (N-methyl/N-ethyl adjacent to an activating group) is 1. The molecule has 0 radical (unpaired) electrons. The van der Waals surface area contributed by atoms with Gasteiger partial charge in [0.25, 0.3) is 0 Å². The standard InChI is InChI=1S/C17H22N6O2.ClH/c1-18-15(12-10-20-22(2)11-12)16(24)21-13-5-3-6-14(9-13)23-8-4-7-19-17(23)25;/h3,5-6,9-11,15,18H,4,7-8H2,1-2H3,(H,19,25)(H,21,24);1H.